The number of nitrogens with one attached hydrogen (secondary N) is 1. The van der Waals surface area contributed by atoms with Crippen LogP contribution in [0.2, 0.25) is 0 Å². The molecule has 18 heavy (non-hydrogen) atoms. The van der Waals surface area contributed by atoms with Gasteiger partial charge in [0.15, 0.2) is 0 Å². The van der Waals surface area contributed by atoms with Crippen molar-refractivity contribution in [3.8, 4) is 0 Å². The summed E-state index contributed by atoms with van der Waals surface area (Å²) in [4.78, 5) is 2.40. The van der Waals surface area contributed by atoms with E-state index in [2.05, 4.69) is 44.6 Å². The molecule has 1 saturated heterocycles. The van der Waals surface area contributed by atoms with Crippen LogP contribution in [0, 0.1) is 0 Å². The van der Waals surface area contributed by atoms with E-state index >= 15 is 0 Å². The van der Waals surface area contributed by atoms with Gasteiger partial charge >= 0.3 is 0 Å². The Morgan fingerprint density at radius 3 is 2.50 bits per heavy atom. The van der Waals surface area contributed by atoms with Crippen molar-refractivity contribution < 1.29 is 4.74 Å². The van der Waals surface area contributed by atoms with E-state index in [1.807, 2.05) is 13.8 Å². The quantitative estimate of drug-likeness (QED) is 0.764. The molecule has 1 heterocycles. The van der Waals surface area contributed by atoms with E-state index in [4.69, 9.17) is 4.74 Å². The molecule has 0 spiro atoms. The average Bonchev–Trinajstić information content (AvgIpc) is 2.63. The van der Waals surface area contributed by atoms with E-state index in [0.717, 1.165) is 18.7 Å². The first-order valence-corrected chi connectivity index (χ1v) is 7.03. The highest BCUT2D eigenvalue weighted by Gasteiger charge is 2.29. The van der Waals surface area contributed by atoms with Crippen LogP contribution in [0.25, 0.3) is 0 Å². The summed E-state index contributed by atoms with van der Waals surface area (Å²) in [5, 5.41) is 3.63. The number of hydrogen-bond donors (Lipinski definition) is 1. The molecule has 0 amide bonds. The molecule has 1 fully saturated rings. The summed E-state index contributed by atoms with van der Waals surface area (Å²) < 4.78 is 5.68. The molecule has 3 heteroatoms. The van der Waals surface area contributed by atoms with Crippen molar-refractivity contribution in [3.63, 3.8) is 0 Å². The lowest BCUT2D eigenvalue weighted by Gasteiger charge is -2.34. The van der Waals surface area contributed by atoms with Crippen molar-refractivity contribution in [1.82, 2.24) is 10.2 Å². The van der Waals surface area contributed by atoms with Crippen molar-refractivity contribution in [2.75, 3.05) is 13.6 Å². The Bertz CT molecular complexity index is 281. The fourth-order valence-electron chi connectivity index (χ4n) is 2.21. The van der Waals surface area contributed by atoms with Crippen LogP contribution >= 0.6 is 0 Å². The van der Waals surface area contributed by atoms with Gasteiger partial charge in [0, 0.05) is 18.1 Å². The lowest BCUT2D eigenvalue weighted by atomic mass is 10.1. The molecule has 0 radical (unpaired) electrons. The normalized spacial score (nSPS) is 24.9. The maximum atomic E-state index is 5.68. The Kier molecular flexibility index (Phi) is 5.23. The summed E-state index contributed by atoms with van der Waals surface area (Å²) in [6.45, 7) is 16.0. The van der Waals surface area contributed by atoms with E-state index in [-0.39, 0.29) is 11.6 Å². The van der Waals surface area contributed by atoms with Gasteiger partial charge in [-0.3, -0.25) is 4.90 Å². The van der Waals surface area contributed by atoms with Gasteiger partial charge in [-0.15, -0.1) is 0 Å². The summed E-state index contributed by atoms with van der Waals surface area (Å²) in [5.41, 5.74) is 0.227. The molecular weight excluding hydrogens is 224 g/mol. The number of likely N-dealkylation sites (N-methyl/N-ethyl adjacent to an activating group) is 1. The molecule has 1 rings (SSSR count). The zero-order valence-corrected chi connectivity index (χ0v) is 12.9. The molecule has 0 aliphatic carbocycles. The zero-order chi connectivity index (χ0) is 13.9. The van der Waals surface area contributed by atoms with Crippen LogP contribution in [0.5, 0.6) is 0 Å². The number of hydrogen-bond acceptors (Lipinski definition) is 3. The SMILES string of the molecule is C=C(OC(C)C)C1CCC(CN(C)C(C)(C)C)N1. The molecule has 1 aliphatic rings. The van der Waals surface area contributed by atoms with Crippen LogP contribution in [0.15, 0.2) is 12.3 Å². The lowest BCUT2D eigenvalue weighted by molar-refractivity contribution is 0.127. The smallest absolute Gasteiger partial charge is 0.106 e. The molecule has 2 unspecified atom stereocenters. The van der Waals surface area contributed by atoms with Crippen LogP contribution < -0.4 is 5.32 Å². The maximum absolute atomic E-state index is 5.68. The molecular formula is C15H30N2O. The minimum absolute atomic E-state index is 0.218. The molecule has 0 bridgehead atoms. The zero-order valence-electron chi connectivity index (χ0n) is 12.9. The standard InChI is InChI=1S/C15H30N2O/c1-11(2)18-12(3)14-9-8-13(16-14)10-17(7)15(4,5)6/h11,13-14,16H,3,8-10H2,1-2,4-7H3. The largest absolute Gasteiger partial charge is 0.494 e. The van der Waals surface area contributed by atoms with Crippen molar-refractivity contribution in [2.45, 2.75) is 71.2 Å². The third-order valence-corrected chi connectivity index (χ3v) is 3.66. The Balaban J connectivity index is 2.40. The predicted octanol–water partition coefficient (Wildman–Crippen LogP) is 2.78. The first kappa shape index (κ1) is 15.5. The summed E-state index contributed by atoms with van der Waals surface area (Å²) in [6, 6.07) is 0.873. The summed E-state index contributed by atoms with van der Waals surface area (Å²) in [6.07, 6.45) is 2.55. The summed E-state index contributed by atoms with van der Waals surface area (Å²) >= 11 is 0. The Labute approximate surface area is 113 Å². The highest BCUT2D eigenvalue weighted by molar-refractivity contribution is 5.03. The monoisotopic (exact) mass is 254 g/mol. The summed E-state index contributed by atoms with van der Waals surface area (Å²) in [7, 11) is 2.19. The van der Waals surface area contributed by atoms with Crippen molar-refractivity contribution >= 4 is 0 Å². The van der Waals surface area contributed by atoms with Crippen LogP contribution in [-0.4, -0.2) is 42.2 Å². The van der Waals surface area contributed by atoms with Gasteiger partial charge in [0.25, 0.3) is 0 Å². The molecule has 0 saturated carbocycles. The lowest BCUT2D eigenvalue weighted by Crippen LogP contribution is -2.46. The average molecular weight is 254 g/mol. The maximum Gasteiger partial charge on any atom is 0.106 e. The first-order chi connectivity index (χ1) is 8.20. The second kappa shape index (κ2) is 6.07. The Morgan fingerprint density at radius 2 is 2.00 bits per heavy atom. The van der Waals surface area contributed by atoms with Gasteiger partial charge in [-0.2, -0.15) is 0 Å². The van der Waals surface area contributed by atoms with E-state index in [1.54, 1.807) is 0 Å². The molecule has 0 aromatic rings. The number of nitrogens with zero attached hydrogens (tertiary/aromatic N) is 1. The third kappa shape index (κ3) is 4.62. The number of ether oxygens (including phenoxy) is 1. The fourth-order valence-corrected chi connectivity index (χ4v) is 2.21. The fraction of sp³-hybridized carbons (Fsp3) is 0.867. The predicted molar refractivity (Wildman–Crippen MR) is 77.7 cm³/mol. The van der Waals surface area contributed by atoms with Gasteiger partial charge in [0.2, 0.25) is 0 Å². The van der Waals surface area contributed by atoms with Crippen molar-refractivity contribution in [3.05, 3.63) is 12.3 Å². The molecule has 3 nitrogen and oxygen atoms in total. The van der Waals surface area contributed by atoms with Crippen LogP contribution in [0.1, 0.15) is 47.5 Å². The van der Waals surface area contributed by atoms with Crippen LogP contribution in [0.3, 0.4) is 0 Å². The van der Waals surface area contributed by atoms with Crippen LogP contribution in [0.4, 0.5) is 0 Å². The van der Waals surface area contributed by atoms with Gasteiger partial charge in [0.1, 0.15) is 5.76 Å². The number of rotatable bonds is 5. The Hall–Kier alpha value is -0.540. The molecule has 0 aromatic heterocycles. The minimum Gasteiger partial charge on any atom is -0.494 e. The van der Waals surface area contributed by atoms with Gasteiger partial charge in [0.05, 0.1) is 12.1 Å². The van der Waals surface area contributed by atoms with Gasteiger partial charge < -0.3 is 10.1 Å². The van der Waals surface area contributed by atoms with E-state index < -0.39 is 0 Å². The van der Waals surface area contributed by atoms with Crippen molar-refractivity contribution in [1.29, 1.82) is 0 Å². The van der Waals surface area contributed by atoms with E-state index in [0.29, 0.717) is 12.1 Å². The van der Waals surface area contributed by atoms with Gasteiger partial charge in [-0.1, -0.05) is 6.58 Å². The third-order valence-electron chi connectivity index (χ3n) is 3.66. The molecule has 2 atom stereocenters. The van der Waals surface area contributed by atoms with Crippen molar-refractivity contribution in [2.24, 2.45) is 0 Å². The molecule has 1 aliphatic heterocycles. The first-order valence-electron chi connectivity index (χ1n) is 7.03. The highest BCUT2D eigenvalue weighted by Crippen LogP contribution is 2.21. The molecule has 0 aromatic carbocycles. The highest BCUT2D eigenvalue weighted by atomic mass is 16.5. The van der Waals surface area contributed by atoms with Crippen LogP contribution in [-0.2, 0) is 4.74 Å². The van der Waals surface area contributed by atoms with Gasteiger partial charge in [-0.25, -0.2) is 0 Å². The Morgan fingerprint density at radius 1 is 1.39 bits per heavy atom. The van der Waals surface area contributed by atoms with E-state index in [1.165, 1.54) is 6.42 Å². The van der Waals surface area contributed by atoms with Gasteiger partial charge in [-0.05, 0) is 54.5 Å². The van der Waals surface area contributed by atoms with E-state index in [9.17, 15) is 0 Å². The second-order valence-corrected chi connectivity index (χ2v) is 6.68. The minimum atomic E-state index is 0.218. The summed E-state index contributed by atoms with van der Waals surface area (Å²) in [5.74, 6) is 0.894. The molecule has 1 N–H and O–H groups in total. The molecule has 106 valence electrons. The second-order valence-electron chi connectivity index (χ2n) is 6.68. The topological polar surface area (TPSA) is 24.5 Å².